The van der Waals surface area contributed by atoms with Crippen molar-refractivity contribution in [3.8, 4) is 0 Å². The summed E-state index contributed by atoms with van der Waals surface area (Å²) in [6.07, 6.45) is 6.15. The monoisotopic (exact) mass is 260 g/mol. The fourth-order valence-electron chi connectivity index (χ4n) is 3.53. The summed E-state index contributed by atoms with van der Waals surface area (Å²) >= 11 is 0. The highest BCUT2D eigenvalue weighted by Gasteiger charge is 2.22. The molecule has 0 radical (unpaired) electrons. The van der Waals surface area contributed by atoms with Gasteiger partial charge in [-0.2, -0.15) is 0 Å². The number of hydrogen-bond acceptors (Lipinski definition) is 1. The molecular formula is C18H28O. The van der Waals surface area contributed by atoms with E-state index in [4.69, 9.17) is 0 Å². The lowest BCUT2D eigenvalue weighted by Gasteiger charge is -2.29. The molecule has 4 atom stereocenters. The van der Waals surface area contributed by atoms with Crippen LogP contribution < -0.4 is 0 Å². The molecule has 1 aromatic rings. The summed E-state index contributed by atoms with van der Waals surface area (Å²) in [7, 11) is 0. The molecular weight excluding hydrogens is 232 g/mol. The van der Waals surface area contributed by atoms with Gasteiger partial charge >= 0.3 is 0 Å². The van der Waals surface area contributed by atoms with Gasteiger partial charge in [0.15, 0.2) is 0 Å². The van der Waals surface area contributed by atoms with E-state index in [9.17, 15) is 5.11 Å². The zero-order valence-corrected chi connectivity index (χ0v) is 12.6. The number of rotatable bonds is 4. The Kier molecular flexibility index (Phi) is 5.04. The number of hydrogen-bond donors (Lipinski definition) is 1. The van der Waals surface area contributed by atoms with Crippen LogP contribution in [0.5, 0.6) is 0 Å². The van der Waals surface area contributed by atoms with E-state index in [1.54, 1.807) is 0 Å². The van der Waals surface area contributed by atoms with E-state index in [-0.39, 0.29) is 6.10 Å². The average Bonchev–Trinajstić information content (AvgIpc) is 2.39. The molecule has 2 rings (SSSR count). The van der Waals surface area contributed by atoms with Crippen molar-refractivity contribution in [1.82, 2.24) is 0 Å². The molecule has 0 amide bonds. The molecule has 1 nitrogen and oxygen atoms in total. The van der Waals surface area contributed by atoms with Crippen LogP contribution >= 0.6 is 0 Å². The number of aliphatic hydroxyl groups is 1. The Morgan fingerprint density at radius 3 is 2.32 bits per heavy atom. The van der Waals surface area contributed by atoms with Gasteiger partial charge in [-0.1, -0.05) is 57.4 Å². The summed E-state index contributed by atoms with van der Waals surface area (Å²) in [5.74, 6) is 2.03. The number of benzene rings is 1. The van der Waals surface area contributed by atoms with Crippen LogP contribution in [0.4, 0.5) is 0 Å². The summed E-state index contributed by atoms with van der Waals surface area (Å²) in [6.45, 7) is 6.47. The lowest BCUT2D eigenvalue weighted by atomic mass is 9.76. The zero-order valence-electron chi connectivity index (χ0n) is 12.6. The fourth-order valence-corrected chi connectivity index (χ4v) is 3.53. The third kappa shape index (κ3) is 3.82. The van der Waals surface area contributed by atoms with Gasteiger partial charge in [0, 0.05) is 0 Å². The van der Waals surface area contributed by atoms with Gasteiger partial charge in [0.2, 0.25) is 0 Å². The molecule has 1 fully saturated rings. The Labute approximate surface area is 118 Å². The molecule has 1 saturated carbocycles. The maximum absolute atomic E-state index is 9.48. The lowest BCUT2D eigenvalue weighted by Crippen LogP contribution is -2.14. The molecule has 106 valence electrons. The van der Waals surface area contributed by atoms with Crippen molar-refractivity contribution >= 4 is 0 Å². The van der Waals surface area contributed by atoms with Crippen LogP contribution in [-0.2, 0) is 0 Å². The molecule has 19 heavy (non-hydrogen) atoms. The summed E-state index contributed by atoms with van der Waals surface area (Å²) in [5, 5.41) is 9.48. The van der Waals surface area contributed by atoms with Crippen LogP contribution in [0.25, 0.3) is 0 Å². The Morgan fingerprint density at radius 1 is 1.11 bits per heavy atom. The quantitative estimate of drug-likeness (QED) is 0.820. The van der Waals surface area contributed by atoms with Crippen molar-refractivity contribution in [3.05, 3.63) is 35.4 Å². The van der Waals surface area contributed by atoms with Crippen molar-refractivity contribution < 1.29 is 5.11 Å². The minimum absolute atomic E-state index is 0.215. The summed E-state index contributed by atoms with van der Waals surface area (Å²) < 4.78 is 0. The molecule has 4 unspecified atom stereocenters. The van der Waals surface area contributed by atoms with Crippen molar-refractivity contribution in [2.24, 2.45) is 5.92 Å². The Bertz CT molecular complexity index is 379. The standard InChI is InChI=1S/C18H28O/c1-13-6-4-5-7-18(13)17-10-8-16(9-11-17)14(2)12-15(3)19/h8-11,13-15,18-19H,4-7,12H2,1-3H3. The van der Waals surface area contributed by atoms with E-state index < -0.39 is 0 Å². The molecule has 0 aliphatic heterocycles. The highest BCUT2D eigenvalue weighted by Crippen LogP contribution is 2.37. The zero-order chi connectivity index (χ0) is 13.8. The summed E-state index contributed by atoms with van der Waals surface area (Å²) in [6, 6.07) is 9.17. The van der Waals surface area contributed by atoms with Crippen molar-refractivity contribution in [1.29, 1.82) is 0 Å². The van der Waals surface area contributed by atoms with Gasteiger partial charge in [-0.05, 0) is 48.6 Å². The van der Waals surface area contributed by atoms with Gasteiger partial charge in [-0.15, -0.1) is 0 Å². The second-order valence-corrected chi connectivity index (χ2v) is 6.52. The van der Waals surface area contributed by atoms with Crippen LogP contribution in [0, 0.1) is 5.92 Å². The van der Waals surface area contributed by atoms with E-state index >= 15 is 0 Å². The lowest BCUT2D eigenvalue weighted by molar-refractivity contribution is 0.176. The molecule has 1 aromatic carbocycles. The van der Waals surface area contributed by atoms with Gasteiger partial charge < -0.3 is 5.11 Å². The van der Waals surface area contributed by atoms with E-state index in [1.807, 2.05) is 6.92 Å². The maximum atomic E-state index is 9.48. The minimum Gasteiger partial charge on any atom is -0.393 e. The summed E-state index contributed by atoms with van der Waals surface area (Å²) in [5.41, 5.74) is 2.87. The average molecular weight is 260 g/mol. The first-order chi connectivity index (χ1) is 9.08. The van der Waals surface area contributed by atoms with Crippen molar-refractivity contribution in [2.75, 3.05) is 0 Å². The summed E-state index contributed by atoms with van der Waals surface area (Å²) in [4.78, 5) is 0. The van der Waals surface area contributed by atoms with Gasteiger partial charge in [-0.3, -0.25) is 0 Å². The molecule has 0 aromatic heterocycles. The second-order valence-electron chi connectivity index (χ2n) is 6.52. The van der Waals surface area contributed by atoms with Gasteiger partial charge in [0.25, 0.3) is 0 Å². The predicted octanol–water partition coefficient (Wildman–Crippen LogP) is 4.85. The van der Waals surface area contributed by atoms with Gasteiger partial charge in [-0.25, -0.2) is 0 Å². The molecule has 0 bridgehead atoms. The first-order valence-corrected chi connectivity index (χ1v) is 7.86. The number of aliphatic hydroxyl groups excluding tert-OH is 1. The Hall–Kier alpha value is -0.820. The van der Waals surface area contributed by atoms with Crippen LogP contribution in [0.1, 0.15) is 75.8 Å². The van der Waals surface area contributed by atoms with Crippen LogP contribution in [0.3, 0.4) is 0 Å². The first-order valence-electron chi connectivity index (χ1n) is 7.86. The molecule has 0 saturated heterocycles. The minimum atomic E-state index is -0.215. The third-order valence-corrected chi connectivity index (χ3v) is 4.74. The SMILES string of the molecule is CC(O)CC(C)c1ccc(C2CCCCC2C)cc1. The van der Waals surface area contributed by atoms with Crippen LogP contribution in [0.2, 0.25) is 0 Å². The van der Waals surface area contributed by atoms with Gasteiger partial charge in [0.05, 0.1) is 6.10 Å². The maximum Gasteiger partial charge on any atom is 0.0517 e. The van der Waals surface area contributed by atoms with Crippen molar-refractivity contribution in [2.45, 2.75) is 70.8 Å². The first kappa shape index (κ1) is 14.6. The van der Waals surface area contributed by atoms with Crippen molar-refractivity contribution in [3.63, 3.8) is 0 Å². The normalized spacial score (nSPS) is 26.9. The molecule has 1 N–H and O–H groups in total. The van der Waals surface area contributed by atoms with E-state index in [1.165, 1.54) is 36.8 Å². The van der Waals surface area contributed by atoms with E-state index in [2.05, 4.69) is 38.1 Å². The highest BCUT2D eigenvalue weighted by molar-refractivity contribution is 5.28. The Morgan fingerprint density at radius 2 is 1.74 bits per heavy atom. The smallest absolute Gasteiger partial charge is 0.0517 e. The third-order valence-electron chi connectivity index (χ3n) is 4.74. The molecule has 0 heterocycles. The molecule has 1 aliphatic rings. The highest BCUT2D eigenvalue weighted by atomic mass is 16.3. The van der Waals surface area contributed by atoms with Gasteiger partial charge in [0.1, 0.15) is 0 Å². The largest absolute Gasteiger partial charge is 0.393 e. The van der Waals surface area contributed by atoms with Crippen LogP contribution in [-0.4, -0.2) is 11.2 Å². The predicted molar refractivity (Wildman–Crippen MR) is 81.5 cm³/mol. The molecule has 1 heteroatoms. The second kappa shape index (κ2) is 6.56. The molecule has 0 spiro atoms. The topological polar surface area (TPSA) is 20.2 Å². The molecule has 1 aliphatic carbocycles. The van der Waals surface area contributed by atoms with E-state index in [0.29, 0.717) is 5.92 Å². The Balaban J connectivity index is 2.05. The van der Waals surface area contributed by atoms with Crippen LogP contribution in [0.15, 0.2) is 24.3 Å². The van der Waals surface area contributed by atoms with E-state index in [0.717, 1.165) is 18.3 Å². The fraction of sp³-hybridized carbons (Fsp3) is 0.667.